The first-order chi connectivity index (χ1) is 6.40. The highest BCUT2D eigenvalue weighted by molar-refractivity contribution is 7.80. The standard InChI is InChI=1S/C12H17NS/c1-9-7-5-6-8-10(9)11(14)13-12(2,3)4/h5-8H,1-4H3,(H,13,14). The molecule has 0 spiro atoms. The van der Waals surface area contributed by atoms with Crippen LogP contribution in [0.2, 0.25) is 0 Å². The highest BCUT2D eigenvalue weighted by atomic mass is 32.1. The maximum Gasteiger partial charge on any atom is 0.107 e. The zero-order valence-electron chi connectivity index (χ0n) is 9.22. The van der Waals surface area contributed by atoms with E-state index in [4.69, 9.17) is 12.2 Å². The lowest BCUT2D eigenvalue weighted by atomic mass is 10.1. The molecule has 0 unspecified atom stereocenters. The third-order valence-corrected chi connectivity index (χ3v) is 2.20. The first-order valence-electron chi connectivity index (χ1n) is 4.78. The molecule has 0 radical (unpaired) electrons. The number of rotatable bonds is 1. The SMILES string of the molecule is Cc1ccccc1C(=S)NC(C)(C)C. The van der Waals surface area contributed by atoms with Crippen LogP contribution in [0.3, 0.4) is 0 Å². The van der Waals surface area contributed by atoms with Gasteiger partial charge in [-0.3, -0.25) is 0 Å². The van der Waals surface area contributed by atoms with E-state index in [1.165, 1.54) is 5.56 Å². The van der Waals surface area contributed by atoms with Gasteiger partial charge < -0.3 is 5.32 Å². The Morgan fingerprint density at radius 2 is 1.79 bits per heavy atom. The monoisotopic (exact) mass is 207 g/mol. The van der Waals surface area contributed by atoms with Gasteiger partial charge in [0.15, 0.2) is 0 Å². The summed E-state index contributed by atoms with van der Waals surface area (Å²) in [6.45, 7) is 8.40. The zero-order chi connectivity index (χ0) is 10.8. The predicted octanol–water partition coefficient (Wildman–Crippen LogP) is 3.06. The van der Waals surface area contributed by atoms with Crippen molar-refractivity contribution in [2.24, 2.45) is 0 Å². The molecule has 1 aromatic rings. The molecule has 76 valence electrons. The summed E-state index contributed by atoms with van der Waals surface area (Å²) in [5.41, 5.74) is 2.37. The molecule has 0 aliphatic carbocycles. The maximum absolute atomic E-state index is 5.35. The van der Waals surface area contributed by atoms with E-state index in [1.807, 2.05) is 12.1 Å². The van der Waals surface area contributed by atoms with Gasteiger partial charge in [-0.05, 0) is 33.3 Å². The number of benzene rings is 1. The Labute approximate surface area is 91.5 Å². The van der Waals surface area contributed by atoms with Crippen LogP contribution in [0.5, 0.6) is 0 Å². The molecule has 0 atom stereocenters. The smallest absolute Gasteiger partial charge is 0.107 e. The van der Waals surface area contributed by atoms with Gasteiger partial charge in [-0.15, -0.1) is 0 Å². The van der Waals surface area contributed by atoms with Crippen molar-refractivity contribution in [3.8, 4) is 0 Å². The van der Waals surface area contributed by atoms with Crippen LogP contribution in [-0.2, 0) is 0 Å². The summed E-state index contributed by atoms with van der Waals surface area (Å²) in [6, 6.07) is 8.17. The average Bonchev–Trinajstić information content (AvgIpc) is 2.01. The molecule has 0 bridgehead atoms. The molecule has 0 heterocycles. The predicted molar refractivity (Wildman–Crippen MR) is 65.8 cm³/mol. The fraction of sp³-hybridized carbons (Fsp3) is 0.417. The van der Waals surface area contributed by atoms with Crippen LogP contribution in [0.4, 0.5) is 0 Å². The highest BCUT2D eigenvalue weighted by Crippen LogP contribution is 2.10. The van der Waals surface area contributed by atoms with Gasteiger partial charge in [0.2, 0.25) is 0 Å². The molecule has 0 aliphatic rings. The lowest BCUT2D eigenvalue weighted by Gasteiger charge is -2.23. The van der Waals surface area contributed by atoms with E-state index in [1.54, 1.807) is 0 Å². The second-order valence-corrected chi connectivity index (χ2v) is 4.93. The van der Waals surface area contributed by atoms with Crippen molar-refractivity contribution in [3.63, 3.8) is 0 Å². The van der Waals surface area contributed by atoms with Crippen LogP contribution in [0.1, 0.15) is 31.9 Å². The van der Waals surface area contributed by atoms with Gasteiger partial charge in [-0.1, -0.05) is 36.5 Å². The van der Waals surface area contributed by atoms with E-state index in [9.17, 15) is 0 Å². The van der Waals surface area contributed by atoms with Gasteiger partial charge >= 0.3 is 0 Å². The Hall–Kier alpha value is -0.890. The molecule has 1 rings (SSSR count). The van der Waals surface area contributed by atoms with Crippen molar-refractivity contribution in [2.75, 3.05) is 0 Å². The van der Waals surface area contributed by atoms with Crippen LogP contribution >= 0.6 is 12.2 Å². The molecule has 0 aliphatic heterocycles. The Bertz CT molecular complexity index is 336. The molecule has 0 amide bonds. The lowest BCUT2D eigenvalue weighted by molar-refractivity contribution is 0.515. The number of thiocarbonyl (C=S) groups is 1. The number of nitrogens with one attached hydrogen (secondary N) is 1. The van der Waals surface area contributed by atoms with Gasteiger partial charge in [0.05, 0.1) is 0 Å². The summed E-state index contributed by atoms with van der Waals surface area (Å²) in [5, 5.41) is 3.31. The van der Waals surface area contributed by atoms with Gasteiger partial charge in [0, 0.05) is 11.1 Å². The zero-order valence-corrected chi connectivity index (χ0v) is 10.0. The van der Waals surface area contributed by atoms with Gasteiger partial charge in [0.1, 0.15) is 4.99 Å². The molecule has 0 aromatic heterocycles. The van der Waals surface area contributed by atoms with E-state index < -0.39 is 0 Å². The number of hydrogen-bond acceptors (Lipinski definition) is 1. The normalized spacial score (nSPS) is 11.1. The Morgan fingerprint density at radius 1 is 1.21 bits per heavy atom. The third-order valence-electron chi connectivity index (χ3n) is 1.88. The first-order valence-corrected chi connectivity index (χ1v) is 5.19. The second kappa shape index (κ2) is 4.09. The third kappa shape index (κ3) is 3.11. The van der Waals surface area contributed by atoms with Crippen LogP contribution < -0.4 is 5.32 Å². The van der Waals surface area contributed by atoms with E-state index >= 15 is 0 Å². The number of hydrogen-bond donors (Lipinski definition) is 1. The van der Waals surface area contributed by atoms with Crippen LogP contribution in [0.15, 0.2) is 24.3 Å². The summed E-state index contributed by atoms with van der Waals surface area (Å²) in [7, 11) is 0. The molecule has 2 heteroatoms. The van der Waals surface area contributed by atoms with Crippen molar-refractivity contribution in [1.29, 1.82) is 0 Å². The molecule has 1 nitrogen and oxygen atoms in total. The van der Waals surface area contributed by atoms with E-state index in [0.717, 1.165) is 10.6 Å². The average molecular weight is 207 g/mol. The van der Waals surface area contributed by atoms with Crippen LogP contribution in [0, 0.1) is 6.92 Å². The van der Waals surface area contributed by atoms with Gasteiger partial charge in [-0.25, -0.2) is 0 Å². The molecule has 0 fully saturated rings. The van der Waals surface area contributed by atoms with Crippen molar-refractivity contribution in [3.05, 3.63) is 35.4 Å². The minimum absolute atomic E-state index is 0.0271. The minimum atomic E-state index is 0.0271. The van der Waals surface area contributed by atoms with Gasteiger partial charge in [-0.2, -0.15) is 0 Å². The Balaban J connectivity index is 2.86. The molecule has 1 aromatic carbocycles. The fourth-order valence-corrected chi connectivity index (χ4v) is 1.77. The van der Waals surface area contributed by atoms with E-state index in [2.05, 4.69) is 45.1 Å². The lowest BCUT2D eigenvalue weighted by Crippen LogP contribution is -2.40. The molecule has 1 N–H and O–H groups in total. The maximum atomic E-state index is 5.35. The second-order valence-electron chi connectivity index (χ2n) is 4.52. The fourth-order valence-electron chi connectivity index (χ4n) is 1.24. The quantitative estimate of drug-likeness (QED) is 0.710. The molecular formula is C12H17NS. The molecular weight excluding hydrogens is 190 g/mol. The summed E-state index contributed by atoms with van der Waals surface area (Å²) < 4.78 is 0. The van der Waals surface area contributed by atoms with Crippen molar-refractivity contribution in [1.82, 2.24) is 5.32 Å². The molecule has 0 saturated carbocycles. The molecule has 0 saturated heterocycles. The topological polar surface area (TPSA) is 12.0 Å². The highest BCUT2D eigenvalue weighted by Gasteiger charge is 2.12. The van der Waals surface area contributed by atoms with Crippen molar-refractivity contribution < 1.29 is 0 Å². The first kappa shape index (κ1) is 11.2. The summed E-state index contributed by atoms with van der Waals surface area (Å²) >= 11 is 5.35. The number of aryl methyl sites for hydroxylation is 1. The van der Waals surface area contributed by atoms with E-state index in [-0.39, 0.29) is 5.54 Å². The van der Waals surface area contributed by atoms with Crippen LogP contribution in [-0.4, -0.2) is 10.5 Å². The van der Waals surface area contributed by atoms with Crippen molar-refractivity contribution >= 4 is 17.2 Å². The minimum Gasteiger partial charge on any atom is -0.371 e. The largest absolute Gasteiger partial charge is 0.371 e. The van der Waals surface area contributed by atoms with Crippen molar-refractivity contribution in [2.45, 2.75) is 33.2 Å². The summed E-state index contributed by atoms with van der Waals surface area (Å²) in [5.74, 6) is 0. The van der Waals surface area contributed by atoms with E-state index in [0.29, 0.717) is 0 Å². The Kier molecular flexibility index (Phi) is 3.27. The summed E-state index contributed by atoms with van der Waals surface area (Å²) in [4.78, 5) is 0.829. The van der Waals surface area contributed by atoms with Crippen LogP contribution in [0.25, 0.3) is 0 Å². The van der Waals surface area contributed by atoms with Gasteiger partial charge in [0.25, 0.3) is 0 Å². The Morgan fingerprint density at radius 3 is 2.29 bits per heavy atom. The molecule has 14 heavy (non-hydrogen) atoms. The summed E-state index contributed by atoms with van der Waals surface area (Å²) in [6.07, 6.45) is 0.